The fraction of sp³-hybridized carbons (Fsp3) is 0.0588. The van der Waals surface area contributed by atoms with E-state index >= 15 is 0 Å². The number of hydrogen-bond donors (Lipinski definition) is 1. The first-order valence-corrected chi connectivity index (χ1v) is 9.69. The summed E-state index contributed by atoms with van der Waals surface area (Å²) in [7, 11) is -3.69. The van der Waals surface area contributed by atoms with E-state index in [0.717, 1.165) is 11.1 Å². The third-order valence-corrected chi connectivity index (χ3v) is 6.16. The van der Waals surface area contributed by atoms with Crippen molar-refractivity contribution in [2.45, 2.75) is 11.8 Å². The van der Waals surface area contributed by atoms with Crippen molar-refractivity contribution in [2.75, 3.05) is 4.72 Å². The van der Waals surface area contributed by atoms with Gasteiger partial charge in [-0.05, 0) is 30.2 Å². The van der Waals surface area contributed by atoms with Gasteiger partial charge in [0.1, 0.15) is 0 Å². The number of hydrogen-bond acceptors (Lipinski definition) is 3. The normalized spacial score (nSPS) is 11.4. The Morgan fingerprint density at radius 3 is 2.48 bits per heavy atom. The van der Waals surface area contributed by atoms with Gasteiger partial charge in [0.15, 0.2) is 0 Å². The van der Waals surface area contributed by atoms with Crippen LogP contribution in [0, 0.1) is 6.92 Å². The summed E-state index contributed by atoms with van der Waals surface area (Å²) >= 11 is 7.49. The zero-order chi connectivity index (χ0) is 16.4. The van der Waals surface area contributed by atoms with Crippen molar-refractivity contribution >= 4 is 38.6 Å². The van der Waals surface area contributed by atoms with Crippen molar-refractivity contribution in [3.05, 3.63) is 69.9 Å². The number of rotatable bonds is 4. The van der Waals surface area contributed by atoms with Gasteiger partial charge in [0, 0.05) is 21.3 Å². The van der Waals surface area contributed by atoms with Crippen LogP contribution in [0.2, 0.25) is 5.02 Å². The summed E-state index contributed by atoms with van der Waals surface area (Å²) in [6.07, 6.45) is 0. The minimum absolute atomic E-state index is 0.190. The topological polar surface area (TPSA) is 46.2 Å². The Labute approximate surface area is 144 Å². The van der Waals surface area contributed by atoms with E-state index in [4.69, 9.17) is 11.6 Å². The van der Waals surface area contributed by atoms with Crippen molar-refractivity contribution in [3.63, 3.8) is 0 Å². The van der Waals surface area contributed by atoms with E-state index in [9.17, 15) is 8.42 Å². The lowest BCUT2D eigenvalue weighted by Crippen LogP contribution is -2.14. The number of nitrogens with one attached hydrogen (secondary N) is 1. The molecule has 0 saturated heterocycles. The predicted octanol–water partition coefficient (Wildman–Crippen LogP) is 5.18. The van der Waals surface area contributed by atoms with Crippen LogP contribution >= 0.6 is 22.9 Å². The molecule has 0 spiro atoms. The third-order valence-electron chi connectivity index (χ3n) is 3.50. The smallest absolute Gasteiger partial charge is 0.262 e. The molecule has 118 valence electrons. The first-order chi connectivity index (χ1) is 11.0. The van der Waals surface area contributed by atoms with E-state index < -0.39 is 10.0 Å². The van der Waals surface area contributed by atoms with Crippen LogP contribution in [0.1, 0.15) is 5.56 Å². The lowest BCUT2D eigenvalue weighted by Gasteiger charge is -2.12. The Kier molecular flexibility index (Phi) is 4.43. The first kappa shape index (κ1) is 16.1. The molecule has 2 aromatic carbocycles. The quantitative estimate of drug-likeness (QED) is 0.694. The SMILES string of the molecule is Cc1c(Cl)cccc1S(=O)(=O)Nc1cscc1-c1ccccc1. The largest absolute Gasteiger partial charge is 0.278 e. The van der Waals surface area contributed by atoms with Crippen LogP contribution in [0.4, 0.5) is 5.69 Å². The minimum Gasteiger partial charge on any atom is -0.278 e. The molecule has 1 N–H and O–H groups in total. The summed E-state index contributed by atoms with van der Waals surface area (Å²) in [5.41, 5.74) is 2.94. The Balaban J connectivity index is 2.00. The highest BCUT2D eigenvalue weighted by molar-refractivity contribution is 7.92. The average molecular weight is 364 g/mol. The second-order valence-electron chi connectivity index (χ2n) is 5.03. The van der Waals surface area contributed by atoms with Crippen LogP contribution < -0.4 is 4.72 Å². The third kappa shape index (κ3) is 3.27. The molecule has 3 nitrogen and oxygen atoms in total. The highest BCUT2D eigenvalue weighted by Crippen LogP contribution is 2.34. The van der Waals surface area contributed by atoms with E-state index in [0.29, 0.717) is 16.3 Å². The molecule has 23 heavy (non-hydrogen) atoms. The molecule has 3 aromatic rings. The Bertz CT molecular complexity index is 934. The van der Waals surface area contributed by atoms with Gasteiger partial charge in [-0.25, -0.2) is 8.42 Å². The Hall–Kier alpha value is -1.82. The molecule has 0 bridgehead atoms. The lowest BCUT2D eigenvalue weighted by atomic mass is 10.1. The minimum atomic E-state index is -3.69. The van der Waals surface area contributed by atoms with E-state index in [1.165, 1.54) is 11.3 Å². The van der Waals surface area contributed by atoms with Crippen molar-refractivity contribution < 1.29 is 8.42 Å². The van der Waals surface area contributed by atoms with Gasteiger partial charge in [-0.2, -0.15) is 0 Å². The fourth-order valence-electron chi connectivity index (χ4n) is 2.30. The summed E-state index contributed by atoms with van der Waals surface area (Å²) in [5, 5.41) is 4.15. The van der Waals surface area contributed by atoms with Crippen LogP contribution in [-0.4, -0.2) is 8.42 Å². The van der Waals surface area contributed by atoms with Crippen LogP contribution in [-0.2, 0) is 10.0 Å². The van der Waals surface area contributed by atoms with E-state index in [1.807, 2.05) is 35.7 Å². The van der Waals surface area contributed by atoms with Crippen LogP contribution in [0.5, 0.6) is 0 Å². The van der Waals surface area contributed by atoms with Crippen molar-refractivity contribution in [1.29, 1.82) is 0 Å². The molecule has 0 saturated carbocycles. The maximum atomic E-state index is 12.7. The highest BCUT2D eigenvalue weighted by atomic mass is 35.5. The molecule has 0 aliphatic carbocycles. The molecule has 1 aromatic heterocycles. The second kappa shape index (κ2) is 6.35. The van der Waals surface area contributed by atoms with E-state index in [-0.39, 0.29) is 4.90 Å². The summed E-state index contributed by atoms with van der Waals surface area (Å²) in [6.45, 7) is 1.70. The van der Waals surface area contributed by atoms with Gasteiger partial charge in [-0.1, -0.05) is 48.0 Å². The molecule has 0 atom stereocenters. The summed E-state index contributed by atoms with van der Waals surface area (Å²) in [4.78, 5) is 0.190. The monoisotopic (exact) mass is 363 g/mol. The van der Waals surface area contributed by atoms with E-state index in [2.05, 4.69) is 4.72 Å². The Morgan fingerprint density at radius 1 is 1.00 bits per heavy atom. The standard InChI is InChI=1S/C17H14ClNO2S2/c1-12-15(18)8-5-9-17(12)23(20,21)19-16-11-22-10-14(16)13-6-3-2-4-7-13/h2-11,19H,1H3. The van der Waals surface area contributed by atoms with Gasteiger partial charge in [-0.3, -0.25) is 4.72 Å². The van der Waals surface area contributed by atoms with Crippen molar-refractivity contribution in [2.24, 2.45) is 0 Å². The summed E-state index contributed by atoms with van der Waals surface area (Å²) in [5.74, 6) is 0. The van der Waals surface area contributed by atoms with Gasteiger partial charge in [0.05, 0.1) is 10.6 Å². The molecule has 1 heterocycles. The summed E-state index contributed by atoms with van der Waals surface area (Å²) in [6, 6.07) is 14.5. The van der Waals surface area contributed by atoms with Crippen LogP contribution in [0.25, 0.3) is 11.1 Å². The number of halogens is 1. The second-order valence-corrected chi connectivity index (χ2v) is 7.84. The zero-order valence-electron chi connectivity index (χ0n) is 12.3. The van der Waals surface area contributed by atoms with Crippen molar-refractivity contribution in [1.82, 2.24) is 0 Å². The van der Waals surface area contributed by atoms with Crippen LogP contribution in [0.3, 0.4) is 0 Å². The molecule has 0 radical (unpaired) electrons. The van der Waals surface area contributed by atoms with Gasteiger partial charge in [0.25, 0.3) is 10.0 Å². The molecular formula is C17H14ClNO2S2. The number of anilines is 1. The number of benzene rings is 2. The highest BCUT2D eigenvalue weighted by Gasteiger charge is 2.20. The number of sulfonamides is 1. The Morgan fingerprint density at radius 2 is 1.74 bits per heavy atom. The summed E-state index contributed by atoms with van der Waals surface area (Å²) < 4.78 is 28.1. The van der Waals surface area contributed by atoms with Gasteiger partial charge < -0.3 is 0 Å². The van der Waals surface area contributed by atoms with Gasteiger partial charge in [0.2, 0.25) is 0 Å². The van der Waals surface area contributed by atoms with Crippen LogP contribution in [0.15, 0.2) is 64.2 Å². The average Bonchev–Trinajstić information content (AvgIpc) is 2.98. The first-order valence-electron chi connectivity index (χ1n) is 6.88. The predicted molar refractivity (Wildman–Crippen MR) is 96.8 cm³/mol. The molecule has 0 fully saturated rings. The van der Waals surface area contributed by atoms with Crippen molar-refractivity contribution in [3.8, 4) is 11.1 Å². The van der Waals surface area contributed by atoms with Gasteiger partial charge >= 0.3 is 0 Å². The molecular weight excluding hydrogens is 350 g/mol. The maximum absolute atomic E-state index is 12.7. The lowest BCUT2D eigenvalue weighted by molar-refractivity contribution is 0.600. The molecule has 0 aliphatic heterocycles. The number of thiophene rings is 1. The molecule has 3 rings (SSSR count). The van der Waals surface area contributed by atoms with Gasteiger partial charge in [-0.15, -0.1) is 11.3 Å². The molecule has 0 amide bonds. The van der Waals surface area contributed by atoms with E-state index in [1.54, 1.807) is 30.5 Å². The molecule has 6 heteroatoms. The maximum Gasteiger partial charge on any atom is 0.262 e. The fourth-order valence-corrected chi connectivity index (χ4v) is 4.73. The molecule has 0 unspecified atom stereocenters. The zero-order valence-corrected chi connectivity index (χ0v) is 14.7. The molecule has 0 aliphatic rings.